The van der Waals surface area contributed by atoms with Crippen LogP contribution in [0.15, 0.2) is 18.2 Å². The SMILES string of the molecule is N#CC(c1ccc(F)cc1F)N1CCCC1. The lowest BCUT2D eigenvalue weighted by atomic mass is 10.1. The molecule has 84 valence electrons. The van der Waals surface area contributed by atoms with Gasteiger partial charge in [-0.2, -0.15) is 5.26 Å². The number of nitriles is 1. The highest BCUT2D eigenvalue weighted by atomic mass is 19.1. The summed E-state index contributed by atoms with van der Waals surface area (Å²) in [6.45, 7) is 1.60. The van der Waals surface area contributed by atoms with Crippen LogP contribution in [0.1, 0.15) is 24.4 Å². The lowest BCUT2D eigenvalue weighted by Gasteiger charge is -2.21. The zero-order valence-electron chi connectivity index (χ0n) is 8.79. The third-order valence-corrected chi connectivity index (χ3v) is 2.89. The Kier molecular flexibility index (Phi) is 3.16. The maximum absolute atomic E-state index is 13.5. The summed E-state index contributed by atoms with van der Waals surface area (Å²) in [4.78, 5) is 1.93. The summed E-state index contributed by atoms with van der Waals surface area (Å²) in [5.74, 6) is -1.25. The standard InChI is InChI=1S/C12H12F2N2/c13-9-3-4-10(11(14)7-9)12(8-15)16-5-1-2-6-16/h3-4,7,12H,1-2,5-6H2. The zero-order valence-corrected chi connectivity index (χ0v) is 8.79. The normalized spacial score (nSPS) is 18.3. The minimum Gasteiger partial charge on any atom is -0.284 e. The number of nitrogens with zero attached hydrogens (tertiary/aromatic N) is 2. The lowest BCUT2D eigenvalue weighted by Crippen LogP contribution is -2.25. The smallest absolute Gasteiger partial charge is 0.131 e. The molecule has 4 heteroatoms. The number of rotatable bonds is 2. The van der Waals surface area contributed by atoms with Gasteiger partial charge in [-0.1, -0.05) is 6.07 Å². The van der Waals surface area contributed by atoms with Crippen LogP contribution >= 0.6 is 0 Å². The van der Waals surface area contributed by atoms with Crippen LogP contribution in [0.2, 0.25) is 0 Å². The van der Waals surface area contributed by atoms with Crippen molar-refractivity contribution in [1.29, 1.82) is 5.26 Å². The second kappa shape index (κ2) is 4.58. The molecule has 0 N–H and O–H groups in total. The Morgan fingerprint density at radius 3 is 2.50 bits per heavy atom. The van der Waals surface area contributed by atoms with Crippen LogP contribution < -0.4 is 0 Å². The third-order valence-electron chi connectivity index (χ3n) is 2.89. The molecule has 1 aliphatic rings. The first-order chi connectivity index (χ1) is 7.72. The van der Waals surface area contributed by atoms with E-state index in [1.807, 2.05) is 4.90 Å². The van der Waals surface area contributed by atoms with Crippen LogP contribution in [0, 0.1) is 23.0 Å². The maximum atomic E-state index is 13.5. The zero-order chi connectivity index (χ0) is 11.5. The highest BCUT2D eigenvalue weighted by molar-refractivity contribution is 5.26. The van der Waals surface area contributed by atoms with E-state index in [4.69, 9.17) is 5.26 Å². The van der Waals surface area contributed by atoms with Gasteiger partial charge in [-0.25, -0.2) is 8.78 Å². The summed E-state index contributed by atoms with van der Waals surface area (Å²) in [5, 5.41) is 9.08. The van der Waals surface area contributed by atoms with E-state index in [1.54, 1.807) is 0 Å². The monoisotopic (exact) mass is 222 g/mol. The van der Waals surface area contributed by atoms with E-state index < -0.39 is 17.7 Å². The Balaban J connectivity index is 2.30. The number of hydrogen-bond donors (Lipinski definition) is 0. The molecule has 1 atom stereocenters. The molecule has 1 aromatic rings. The predicted molar refractivity (Wildman–Crippen MR) is 55.5 cm³/mol. The first-order valence-corrected chi connectivity index (χ1v) is 5.31. The van der Waals surface area contributed by atoms with Gasteiger partial charge in [-0.15, -0.1) is 0 Å². The molecule has 1 heterocycles. The van der Waals surface area contributed by atoms with E-state index in [9.17, 15) is 8.78 Å². The van der Waals surface area contributed by atoms with Crippen molar-refractivity contribution >= 4 is 0 Å². The largest absolute Gasteiger partial charge is 0.284 e. The number of benzene rings is 1. The van der Waals surface area contributed by atoms with Crippen LogP contribution in [0.25, 0.3) is 0 Å². The van der Waals surface area contributed by atoms with Crippen molar-refractivity contribution in [2.24, 2.45) is 0 Å². The summed E-state index contributed by atoms with van der Waals surface area (Å²) < 4.78 is 26.3. The van der Waals surface area contributed by atoms with Crippen molar-refractivity contribution in [2.75, 3.05) is 13.1 Å². The highest BCUT2D eigenvalue weighted by Crippen LogP contribution is 2.26. The van der Waals surface area contributed by atoms with Gasteiger partial charge in [0, 0.05) is 11.6 Å². The molecule has 0 bridgehead atoms. The molecule has 0 spiro atoms. The summed E-state index contributed by atoms with van der Waals surface area (Å²) in [6.07, 6.45) is 2.06. The van der Waals surface area contributed by atoms with Gasteiger partial charge in [0.15, 0.2) is 0 Å². The van der Waals surface area contributed by atoms with Crippen molar-refractivity contribution < 1.29 is 8.78 Å². The molecule has 1 unspecified atom stereocenters. The first-order valence-electron chi connectivity index (χ1n) is 5.31. The fourth-order valence-electron chi connectivity index (χ4n) is 2.07. The molecule has 0 radical (unpaired) electrons. The van der Waals surface area contributed by atoms with Gasteiger partial charge < -0.3 is 0 Å². The molecule has 16 heavy (non-hydrogen) atoms. The van der Waals surface area contributed by atoms with Gasteiger partial charge in [-0.3, -0.25) is 4.90 Å². The third kappa shape index (κ3) is 2.05. The van der Waals surface area contributed by atoms with Crippen LogP contribution in [-0.2, 0) is 0 Å². The Morgan fingerprint density at radius 2 is 1.94 bits per heavy atom. The molecular formula is C12H12F2N2. The van der Waals surface area contributed by atoms with Crippen molar-refractivity contribution in [3.05, 3.63) is 35.4 Å². The molecule has 0 amide bonds. The molecule has 2 rings (SSSR count). The van der Waals surface area contributed by atoms with Crippen molar-refractivity contribution in [2.45, 2.75) is 18.9 Å². The van der Waals surface area contributed by atoms with Crippen LogP contribution in [0.3, 0.4) is 0 Å². The quantitative estimate of drug-likeness (QED) is 0.769. The van der Waals surface area contributed by atoms with Gasteiger partial charge >= 0.3 is 0 Å². The Morgan fingerprint density at radius 1 is 1.25 bits per heavy atom. The average Bonchev–Trinajstić information content (AvgIpc) is 2.75. The summed E-state index contributed by atoms with van der Waals surface area (Å²) in [6, 6.07) is 4.87. The van der Waals surface area contributed by atoms with Crippen LogP contribution in [0.5, 0.6) is 0 Å². The summed E-state index contributed by atoms with van der Waals surface area (Å²) in [5.41, 5.74) is 0.269. The van der Waals surface area contributed by atoms with E-state index in [2.05, 4.69) is 6.07 Å². The Labute approximate surface area is 93.1 Å². The Hall–Kier alpha value is -1.47. The minimum atomic E-state index is -0.640. The van der Waals surface area contributed by atoms with Crippen molar-refractivity contribution in [3.63, 3.8) is 0 Å². The van der Waals surface area contributed by atoms with Crippen molar-refractivity contribution in [1.82, 2.24) is 4.90 Å². The molecule has 2 nitrogen and oxygen atoms in total. The topological polar surface area (TPSA) is 27.0 Å². The first kappa shape index (κ1) is 11.0. The van der Waals surface area contributed by atoms with E-state index >= 15 is 0 Å². The van der Waals surface area contributed by atoms with E-state index in [-0.39, 0.29) is 5.56 Å². The van der Waals surface area contributed by atoms with Crippen LogP contribution in [-0.4, -0.2) is 18.0 Å². The van der Waals surface area contributed by atoms with E-state index in [0.717, 1.165) is 32.0 Å². The second-order valence-electron chi connectivity index (χ2n) is 3.94. The molecule has 0 aromatic heterocycles. The van der Waals surface area contributed by atoms with Crippen molar-refractivity contribution in [3.8, 4) is 6.07 Å². The number of likely N-dealkylation sites (tertiary alicyclic amines) is 1. The molecule has 1 aliphatic heterocycles. The predicted octanol–water partition coefficient (Wildman–Crippen LogP) is 2.63. The fourth-order valence-corrected chi connectivity index (χ4v) is 2.07. The Bertz CT molecular complexity index is 420. The van der Waals surface area contributed by atoms with Gasteiger partial charge in [-0.05, 0) is 32.0 Å². The maximum Gasteiger partial charge on any atom is 0.131 e. The minimum absolute atomic E-state index is 0.269. The molecule has 0 saturated carbocycles. The van der Waals surface area contributed by atoms with E-state index in [0.29, 0.717) is 0 Å². The molecular weight excluding hydrogens is 210 g/mol. The lowest BCUT2D eigenvalue weighted by molar-refractivity contribution is 0.288. The van der Waals surface area contributed by atoms with Gasteiger partial charge in [0.05, 0.1) is 6.07 Å². The highest BCUT2D eigenvalue weighted by Gasteiger charge is 2.25. The molecule has 1 fully saturated rings. The van der Waals surface area contributed by atoms with E-state index in [1.165, 1.54) is 12.1 Å². The fraction of sp³-hybridized carbons (Fsp3) is 0.417. The van der Waals surface area contributed by atoms with Gasteiger partial charge in [0.25, 0.3) is 0 Å². The molecule has 0 aliphatic carbocycles. The summed E-state index contributed by atoms with van der Waals surface area (Å²) >= 11 is 0. The molecule has 1 saturated heterocycles. The van der Waals surface area contributed by atoms with Gasteiger partial charge in [0.1, 0.15) is 17.7 Å². The van der Waals surface area contributed by atoms with Crippen LogP contribution in [0.4, 0.5) is 8.78 Å². The second-order valence-corrected chi connectivity index (χ2v) is 3.94. The average molecular weight is 222 g/mol. The number of hydrogen-bond acceptors (Lipinski definition) is 2. The number of halogens is 2. The summed E-state index contributed by atoms with van der Waals surface area (Å²) in [7, 11) is 0. The molecule has 1 aromatic carbocycles. The van der Waals surface area contributed by atoms with Gasteiger partial charge in [0.2, 0.25) is 0 Å².